The molecule has 5 rings (SSSR count). The average Bonchev–Trinajstić information content (AvgIpc) is 3.32. The highest BCUT2D eigenvalue weighted by Gasteiger charge is 2.20. The van der Waals surface area contributed by atoms with E-state index in [2.05, 4.69) is 15.4 Å². The fraction of sp³-hybridized carbons (Fsp3) is 0.261. The molecule has 6 nitrogen and oxygen atoms in total. The summed E-state index contributed by atoms with van der Waals surface area (Å²) < 4.78 is 16.2. The number of nitrogens with one attached hydrogen (secondary N) is 1. The van der Waals surface area contributed by atoms with E-state index >= 15 is 0 Å². The minimum atomic E-state index is -0.373. The largest absolute Gasteiger partial charge is 0.338 e. The van der Waals surface area contributed by atoms with Crippen molar-refractivity contribution in [3.63, 3.8) is 0 Å². The Morgan fingerprint density at radius 1 is 1.10 bits per heavy atom. The van der Waals surface area contributed by atoms with Crippen molar-refractivity contribution in [1.29, 1.82) is 0 Å². The van der Waals surface area contributed by atoms with Crippen LogP contribution in [0.25, 0.3) is 16.6 Å². The number of halogens is 1. The molecule has 0 spiro atoms. The van der Waals surface area contributed by atoms with Crippen LogP contribution in [0.3, 0.4) is 0 Å². The standard InChI is InChI=1S/C23H23FN6S/c24-19-12-17(30-11-1-10-27-30)5-8-20(19)28-22-13-21-15(14-26-22)2-9-23(29-21)31-18-6-3-16(25)4-7-18/h1-2,5,8-14,16,18H,3-4,6-7,25H2,(H,26,28). The van der Waals surface area contributed by atoms with Crippen LogP contribution in [0.1, 0.15) is 25.7 Å². The van der Waals surface area contributed by atoms with Crippen LogP contribution < -0.4 is 11.1 Å². The number of pyridine rings is 2. The Bertz CT molecular complexity index is 1190. The first-order valence-electron chi connectivity index (χ1n) is 10.4. The van der Waals surface area contributed by atoms with Crippen LogP contribution in [-0.2, 0) is 0 Å². The fourth-order valence-corrected chi connectivity index (χ4v) is 4.96. The number of hydrogen-bond acceptors (Lipinski definition) is 6. The maximum Gasteiger partial charge on any atom is 0.148 e. The van der Waals surface area contributed by atoms with Crippen molar-refractivity contribution < 1.29 is 4.39 Å². The molecule has 1 aliphatic carbocycles. The average molecular weight is 435 g/mol. The van der Waals surface area contributed by atoms with Gasteiger partial charge in [0.1, 0.15) is 11.6 Å². The van der Waals surface area contributed by atoms with Crippen LogP contribution in [0, 0.1) is 5.82 Å². The summed E-state index contributed by atoms with van der Waals surface area (Å²) in [5.74, 6) is 0.180. The molecule has 1 saturated carbocycles. The Balaban J connectivity index is 1.34. The van der Waals surface area contributed by atoms with Crippen molar-refractivity contribution in [2.45, 2.75) is 42.0 Å². The predicted octanol–water partition coefficient (Wildman–Crippen LogP) is 5.06. The van der Waals surface area contributed by atoms with Crippen LogP contribution in [0.2, 0.25) is 0 Å². The third kappa shape index (κ3) is 4.55. The van der Waals surface area contributed by atoms with Crippen molar-refractivity contribution in [1.82, 2.24) is 19.7 Å². The predicted molar refractivity (Wildman–Crippen MR) is 122 cm³/mol. The topological polar surface area (TPSA) is 81.6 Å². The molecule has 0 radical (unpaired) electrons. The normalized spacial score (nSPS) is 18.9. The summed E-state index contributed by atoms with van der Waals surface area (Å²) >= 11 is 1.82. The number of fused-ring (bicyclic) bond motifs is 1. The molecule has 4 aromatic rings. The van der Waals surface area contributed by atoms with E-state index in [-0.39, 0.29) is 5.82 Å². The van der Waals surface area contributed by atoms with E-state index in [1.54, 1.807) is 35.4 Å². The van der Waals surface area contributed by atoms with Gasteiger partial charge >= 0.3 is 0 Å². The molecule has 3 N–H and O–H groups in total. The molecule has 0 aliphatic heterocycles. The third-order valence-electron chi connectivity index (χ3n) is 5.54. The second-order valence-electron chi connectivity index (χ2n) is 7.81. The van der Waals surface area contributed by atoms with Gasteiger partial charge in [-0.25, -0.2) is 19.0 Å². The van der Waals surface area contributed by atoms with Gasteiger partial charge in [0.25, 0.3) is 0 Å². The summed E-state index contributed by atoms with van der Waals surface area (Å²) in [6.07, 6.45) is 9.60. The Morgan fingerprint density at radius 2 is 1.97 bits per heavy atom. The second-order valence-corrected chi connectivity index (χ2v) is 9.13. The minimum Gasteiger partial charge on any atom is -0.338 e. The van der Waals surface area contributed by atoms with Gasteiger partial charge in [-0.2, -0.15) is 5.10 Å². The zero-order valence-electron chi connectivity index (χ0n) is 16.9. The van der Waals surface area contributed by atoms with Crippen molar-refractivity contribution in [3.8, 4) is 5.69 Å². The summed E-state index contributed by atoms with van der Waals surface area (Å²) in [7, 11) is 0. The van der Waals surface area contributed by atoms with Gasteiger partial charge in [-0.15, -0.1) is 11.8 Å². The van der Waals surface area contributed by atoms with Gasteiger partial charge in [0, 0.05) is 47.4 Å². The Labute approximate surface area is 184 Å². The fourth-order valence-electron chi connectivity index (χ4n) is 3.82. The third-order valence-corrected chi connectivity index (χ3v) is 6.81. The number of nitrogens with two attached hydrogens (primary N) is 1. The summed E-state index contributed by atoms with van der Waals surface area (Å²) in [4.78, 5) is 9.22. The zero-order valence-corrected chi connectivity index (χ0v) is 17.7. The number of benzene rings is 1. The Morgan fingerprint density at radius 3 is 2.74 bits per heavy atom. The maximum absolute atomic E-state index is 14.6. The SMILES string of the molecule is NC1CCC(Sc2ccc3cnc(Nc4ccc(-n5cccn5)cc4F)cc3n2)CC1. The molecule has 8 heteroatoms. The summed E-state index contributed by atoms with van der Waals surface area (Å²) in [5.41, 5.74) is 7.87. The smallest absolute Gasteiger partial charge is 0.148 e. The number of hydrogen-bond donors (Lipinski definition) is 2. The molecular weight excluding hydrogens is 411 g/mol. The quantitative estimate of drug-likeness (QED) is 0.457. The molecule has 158 valence electrons. The van der Waals surface area contributed by atoms with E-state index in [0.717, 1.165) is 41.6 Å². The number of anilines is 2. The van der Waals surface area contributed by atoms with Crippen molar-refractivity contribution in [2.75, 3.05) is 5.32 Å². The number of rotatable bonds is 5. The summed E-state index contributed by atoms with van der Waals surface area (Å²) in [6.45, 7) is 0. The summed E-state index contributed by atoms with van der Waals surface area (Å²) in [5, 5.41) is 9.71. The first-order valence-corrected chi connectivity index (χ1v) is 11.3. The molecule has 0 bridgehead atoms. The van der Waals surface area contributed by atoms with E-state index < -0.39 is 0 Å². The van der Waals surface area contributed by atoms with Gasteiger partial charge in [0.05, 0.1) is 21.9 Å². The van der Waals surface area contributed by atoms with Crippen molar-refractivity contribution in [2.24, 2.45) is 5.73 Å². The van der Waals surface area contributed by atoms with E-state index in [9.17, 15) is 4.39 Å². The van der Waals surface area contributed by atoms with Crippen molar-refractivity contribution >= 4 is 34.2 Å². The van der Waals surface area contributed by atoms with Crippen LogP contribution in [-0.4, -0.2) is 31.0 Å². The van der Waals surface area contributed by atoms with Crippen LogP contribution in [0.5, 0.6) is 0 Å². The van der Waals surface area contributed by atoms with Crippen molar-refractivity contribution in [3.05, 3.63) is 66.9 Å². The molecule has 0 unspecified atom stereocenters. The van der Waals surface area contributed by atoms with E-state index in [1.807, 2.05) is 36.0 Å². The molecule has 0 saturated heterocycles. The van der Waals surface area contributed by atoms with E-state index in [4.69, 9.17) is 10.7 Å². The van der Waals surface area contributed by atoms with Gasteiger partial charge < -0.3 is 11.1 Å². The Hall–Kier alpha value is -2.97. The Kier molecular flexibility index (Phi) is 5.57. The molecule has 1 fully saturated rings. The molecule has 0 atom stereocenters. The second kappa shape index (κ2) is 8.64. The maximum atomic E-state index is 14.6. The molecule has 3 aromatic heterocycles. The number of thioether (sulfide) groups is 1. The molecule has 1 aromatic carbocycles. The van der Waals surface area contributed by atoms with Gasteiger partial charge in [-0.3, -0.25) is 0 Å². The molecule has 31 heavy (non-hydrogen) atoms. The highest BCUT2D eigenvalue weighted by molar-refractivity contribution is 7.99. The minimum absolute atomic E-state index is 0.343. The number of aromatic nitrogens is 4. The molecule has 3 heterocycles. The molecule has 0 amide bonds. The van der Waals surface area contributed by atoms with Crippen LogP contribution in [0.4, 0.5) is 15.9 Å². The first kappa shape index (κ1) is 20.0. The van der Waals surface area contributed by atoms with Crippen LogP contribution >= 0.6 is 11.8 Å². The van der Waals surface area contributed by atoms with Gasteiger partial charge in [-0.05, 0) is 56.0 Å². The highest BCUT2D eigenvalue weighted by atomic mass is 32.2. The lowest BCUT2D eigenvalue weighted by atomic mass is 9.96. The van der Waals surface area contributed by atoms with E-state index in [0.29, 0.717) is 28.5 Å². The van der Waals surface area contributed by atoms with Gasteiger partial charge in [-0.1, -0.05) is 0 Å². The zero-order chi connectivity index (χ0) is 21.2. The lowest BCUT2D eigenvalue weighted by molar-refractivity contribution is 0.450. The van der Waals surface area contributed by atoms with Gasteiger partial charge in [0.15, 0.2) is 0 Å². The van der Waals surface area contributed by atoms with Crippen LogP contribution in [0.15, 0.2) is 66.1 Å². The molecular formula is C23H23FN6S. The lowest BCUT2D eigenvalue weighted by Gasteiger charge is -2.25. The summed E-state index contributed by atoms with van der Waals surface area (Å²) in [6, 6.07) is 13.0. The van der Waals surface area contributed by atoms with E-state index in [1.165, 1.54) is 6.07 Å². The monoisotopic (exact) mass is 434 g/mol. The highest BCUT2D eigenvalue weighted by Crippen LogP contribution is 2.33. The lowest BCUT2D eigenvalue weighted by Crippen LogP contribution is -2.27. The first-order chi connectivity index (χ1) is 15.1. The van der Waals surface area contributed by atoms with Gasteiger partial charge in [0.2, 0.25) is 0 Å². The molecule has 1 aliphatic rings. The number of nitrogens with zero attached hydrogens (tertiary/aromatic N) is 4.